The lowest BCUT2D eigenvalue weighted by molar-refractivity contribution is 0.0953. The molecule has 0 aliphatic carbocycles. The van der Waals surface area contributed by atoms with Gasteiger partial charge < -0.3 is 16.8 Å². The van der Waals surface area contributed by atoms with Gasteiger partial charge in [-0.25, -0.2) is 0 Å². The summed E-state index contributed by atoms with van der Waals surface area (Å²) in [5.74, 6) is 0.406. The van der Waals surface area contributed by atoms with Gasteiger partial charge in [0.1, 0.15) is 0 Å². The van der Waals surface area contributed by atoms with Gasteiger partial charge in [-0.05, 0) is 24.5 Å². The Balaban J connectivity index is 2.63. The van der Waals surface area contributed by atoms with Gasteiger partial charge in [0.15, 0.2) is 0 Å². The van der Waals surface area contributed by atoms with Crippen molar-refractivity contribution in [2.45, 2.75) is 20.3 Å². The van der Waals surface area contributed by atoms with Crippen LogP contribution in [-0.4, -0.2) is 12.5 Å². The third kappa shape index (κ3) is 3.15. The number of amides is 1. The quantitative estimate of drug-likeness (QED) is 0.676. The molecule has 0 fully saturated rings. The fourth-order valence-electron chi connectivity index (χ4n) is 1.35. The molecule has 0 radical (unpaired) electrons. The number of nitrogens with two attached hydrogens (primary N) is 2. The number of hydrogen-bond acceptors (Lipinski definition) is 3. The summed E-state index contributed by atoms with van der Waals surface area (Å²) in [4.78, 5) is 11.8. The maximum absolute atomic E-state index is 11.8. The van der Waals surface area contributed by atoms with Crippen LogP contribution in [0.15, 0.2) is 18.2 Å². The van der Waals surface area contributed by atoms with E-state index < -0.39 is 0 Å². The molecule has 4 heteroatoms. The Morgan fingerprint density at radius 2 is 2.06 bits per heavy atom. The lowest BCUT2D eigenvalue weighted by atomic mass is 10.1. The lowest BCUT2D eigenvalue weighted by Gasteiger charge is -2.10. The van der Waals surface area contributed by atoms with Gasteiger partial charge in [0.25, 0.3) is 5.91 Å². The van der Waals surface area contributed by atoms with Crippen molar-refractivity contribution in [1.29, 1.82) is 0 Å². The predicted molar refractivity (Wildman–Crippen MR) is 67.1 cm³/mol. The number of nitrogen functional groups attached to an aromatic ring is 2. The molecule has 0 heterocycles. The van der Waals surface area contributed by atoms with Crippen LogP contribution < -0.4 is 16.8 Å². The number of carbonyl (C=O) groups is 1. The summed E-state index contributed by atoms with van der Waals surface area (Å²) in [5.41, 5.74) is 12.6. The van der Waals surface area contributed by atoms with Crippen LogP contribution in [0.3, 0.4) is 0 Å². The Morgan fingerprint density at radius 3 is 2.69 bits per heavy atom. The Hall–Kier alpha value is -1.71. The zero-order chi connectivity index (χ0) is 12.1. The van der Waals surface area contributed by atoms with Crippen LogP contribution >= 0.6 is 0 Å². The minimum absolute atomic E-state index is 0.162. The fourth-order valence-corrected chi connectivity index (χ4v) is 1.35. The molecule has 0 unspecified atom stereocenters. The van der Waals surface area contributed by atoms with Crippen molar-refractivity contribution in [2.75, 3.05) is 18.0 Å². The largest absolute Gasteiger partial charge is 0.397 e. The second-order valence-corrected chi connectivity index (χ2v) is 4.25. The maximum Gasteiger partial charge on any atom is 0.253 e. The number of para-hydroxylation sites is 1. The van der Waals surface area contributed by atoms with E-state index in [-0.39, 0.29) is 5.91 Å². The van der Waals surface area contributed by atoms with Crippen molar-refractivity contribution in [1.82, 2.24) is 5.32 Å². The minimum Gasteiger partial charge on any atom is -0.397 e. The third-order valence-corrected chi connectivity index (χ3v) is 2.39. The predicted octanol–water partition coefficient (Wildman–Crippen LogP) is 1.63. The topological polar surface area (TPSA) is 81.1 Å². The lowest BCUT2D eigenvalue weighted by Crippen LogP contribution is -2.26. The van der Waals surface area contributed by atoms with Crippen LogP contribution in [0.4, 0.5) is 11.4 Å². The van der Waals surface area contributed by atoms with Gasteiger partial charge in [0, 0.05) is 6.54 Å². The molecule has 1 rings (SSSR count). The molecule has 0 atom stereocenters. The van der Waals surface area contributed by atoms with Crippen molar-refractivity contribution in [2.24, 2.45) is 5.92 Å². The molecule has 0 aliphatic heterocycles. The van der Waals surface area contributed by atoms with Crippen LogP contribution in [0.5, 0.6) is 0 Å². The fraction of sp³-hybridized carbons (Fsp3) is 0.417. The van der Waals surface area contributed by atoms with Crippen molar-refractivity contribution < 1.29 is 4.79 Å². The van der Waals surface area contributed by atoms with E-state index in [1.165, 1.54) is 0 Å². The summed E-state index contributed by atoms with van der Waals surface area (Å²) in [5, 5.41) is 2.82. The first kappa shape index (κ1) is 12.4. The Morgan fingerprint density at radius 1 is 1.38 bits per heavy atom. The number of anilines is 2. The van der Waals surface area contributed by atoms with E-state index >= 15 is 0 Å². The van der Waals surface area contributed by atoms with Crippen molar-refractivity contribution in [3.63, 3.8) is 0 Å². The molecule has 0 aromatic heterocycles. The van der Waals surface area contributed by atoms with E-state index in [0.717, 1.165) is 6.42 Å². The minimum atomic E-state index is -0.162. The smallest absolute Gasteiger partial charge is 0.253 e. The Bertz CT molecular complexity index is 375. The highest BCUT2D eigenvalue weighted by Crippen LogP contribution is 2.19. The highest BCUT2D eigenvalue weighted by molar-refractivity contribution is 6.01. The molecule has 1 amide bonds. The Labute approximate surface area is 96.0 Å². The van der Waals surface area contributed by atoms with Crippen LogP contribution in [-0.2, 0) is 0 Å². The van der Waals surface area contributed by atoms with Gasteiger partial charge in [-0.3, -0.25) is 4.79 Å². The van der Waals surface area contributed by atoms with Gasteiger partial charge in [0.2, 0.25) is 0 Å². The van der Waals surface area contributed by atoms with Gasteiger partial charge in [-0.1, -0.05) is 19.9 Å². The third-order valence-electron chi connectivity index (χ3n) is 2.39. The van der Waals surface area contributed by atoms with Crippen LogP contribution in [0, 0.1) is 5.92 Å². The number of carbonyl (C=O) groups excluding carboxylic acids is 1. The van der Waals surface area contributed by atoms with Gasteiger partial charge >= 0.3 is 0 Å². The average Bonchev–Trinajstić information content (AvgIpc) is 2.21. The molecular formula is C12H19N3O. The van der Waals surface area contributed by atoms with E-state index in [1.54, 1.807) is 18.2 Å². The maximum atomic E-state index is 11.8. The molecule has 0 aliphatic rings. The number of hydrogen-bond donors (Lipinski definition) is 3. The van der Waals surface area contributed by atoms with Crippen molar-refractivity contribution in [3.8, 4) is 0 Å². The van der Waals surface area contributed by atoms with E-state index in [1.807, 2.05) is 0 Å². The molecule has 1 aromatic rings. The number of nitrogens with one attached hydrogen (secondary N) is 1. The van der Waals surface area contributed by atoms with E-state index in [0.29, 0.717) is 29.4 Å². The molecule has 88 valence electrons. The summed E-state index contributed by atoms with van der Waals surface area (Å²) in [7, 11) is 0. The van der Waals surface area contributed by atoms with E-state index in [4.69, 9.17) is 11.5 Å². The molecule has 16 heavy (non-hydrogen) atoms. The molecule has 4 nitrogen and oxygen atoms in total. The molecule has 0 saturated carbocycles. The zero-order valence-electron chi connectivity index (χ0n) is 9.79. The Kier molecular flexibility index (Phi) is 4.17. The second kappa shape index (κ2) is 5.39. The second-order valence-electron chi connectivity index (χ2n) is 4.25. The van der Waals surface area contributed by atoms with Crippen LogP contribution in [0.1, 0.15) is 30.6 Å². The van der Waals surface area contributed by atoms with Crippen LogP contribution in [0.2, 0.25) is 0 Å². The SMILES string of the molecule is CC(C)CCNC(=O)c1cccc(N)c1N. The summed E-state index contributed by atoms with van der Waals surface area (Å²) in [6.07, 6.45) is 0.952. The zero-order valence-corrected chi connectivity index (χ0v) is 9.79. The van der Waals surface area contributed by atoms with E-state index in [2.05, 4.69) is 19.2 Å². The summed E-state index contributed by atoms with van der Waals surface area (Å²) < 4.78 is 0. The standard InChI is InChI=1S/C12H19N3O/c1-8(2)6-7-15-12(16)9-4-3-5-10(13)11(9)14/h3-5,8H,6-7,13-14H2,1-2H3,(H,15,16). The summed E-state index contributed by atoms with van der Waals surface area (Å²) in [6.45, 7) is 4.88. The van der Waals surface area contributed by atoms with Crippen LogP contribution in [0.25, 0.3) is 0 Å². The number of benzene rings is 1. The van der Waals surface area contributed by atoms with Gasteiger partial charge in [-0.2, -0.15) is 0 Å². The summed E-state index contributed by atoms with van der Waals surface area (Å²) in [6, 6.07) is 5.08. The normalized spacial score (nSPS) is 10.4. The highest BCUT2D eigenvalue weighted by Gasteiger charge is 2.10. The first-order valence-electron chi connectivity index (χ1n) is 5.44. The number of rotatable bonds is 4. The van der Waals surface area contributed by atoms with Crippen molar-refractivity contribution in [3.05, 3.63) is 23.8 Å². The summed E-state index contributed by atoms with van der Waals surface area (Å²) >= 11 is 0. The first-order valence-corrected chi connectivity index (χ1v) is 5.44. The molecule has 0 bridgehead atoms. The monoisotopic (exact) mass is 221 g/mol. The highest BCUT2D eigenvalue weighted by atomic mass is 16.1. The van der Waals surface area contributed by atoms with Gasteiger partial charge in [-0.15, -0.1) is 0 Å². The first-order chi connectivity index (χ1) is 7.52. The molecule has 1 aromatic carbocycles. The van der Waals surface area contributed by atoms with Crippen molar-refractivity contribution >= 4 is 17.3 Å². The van der Waals surface area contributed by atoms with E-state index in [9.17, 15) is 4.79 Å². The molecular weight excluding hydrogens is 202 g/mol. The molecule has 0 saturated heterocycles. The molecule has 5 N–H and O–H groups in total. The molecule has 0 spiro atoms. The van der Waals surface area contributed by atoms with Gasteiger partial charge in [0.05, 0.1) is 16.9 Å². The average molecular weight is 221 g/mol.